The number of carbonyl (C=O) groups excluding carboxylic acids is 2. The van der Waals surface area contributed by atoms with Crippen LogP contribution in [0.5, 0.6) is 11.5 Å². The highest BCUT2D eigenvalue weighted by Gasteiger charge is 2.12. The lowest BCUT2D eigenvalue weighted by atomic mass is 10.2. The molecule has 2 aromatic carbocycles. The molecule has 0 aliphatic rings. The molecule has 0 radical (unpaired) electrons. The van der Waals surface area contributed by atoms with E-state index < -0.39 is 11.9 Å². The molecule has 150 valence electrons. The third-order valence-electron chi connectivity index (χ3n) is 4.01. The molecule has 0 aliphatic carbocycles. The highest BCUT2D eigenvalue weighted by atomic mass is 32.1. The number of ether oxygens (including phenoxy) is 2. The zero-order valence-electron chi connectivity index (χ0n) is 15.6. The summed E-state index contributed by atoms with van der Waals surface area (Å²) in [5.74, 6) is 0.213. The van der Waals surface area contributed by atoms with Crippen molar-refractivity contribution in [2.45, 2.75) is 6.61 Å². The third-order valence-corrected chi connectivity index (χ3v) is 4.64. The van der Waals surface area contributed by atoms with Crippen LogP contribution in [0.4, 0.5) is 5.69 Å². The number of nitrogens with one attached hydrogen (secondary N) is 1. The molecule has 1 N–H and O–H groups in total. The van der Waals surface area contributed by atoms with Crippen LogP contribution in [0.25, 0.3) is 0 Å². The van der Waals surface area contributed by atoms with Crippen LogP contribution in [0.3, 0.4) is 0 Å². The molecule has 0 atom stereocenters. The van der Waals surface area contributed by atoms with Crippen molar-refractivity contribution in [2.24, 2.45) is 0 Å². The summed E-state index contributed by atoms with van der Waals surface area (Å²) < 4.78 is 16.1. The van der Waals surface area contributed by atoms with Crippen molar-refractivity contribution in [1.82, 2.24) is 4.98 Å². The first-order chi connectivity index (χ1) is 14.7. The Hall–Kier alpha value is -3.91. The SMILES string of the molecule is O=C(Oc1cccc(NC(=O)c2ccco2)c1)c1ccc(OCc2cscn2)cc1. The van der Waals surface area contributed by atoms with Gasteiger partial charge in [0.05, 0.1) is 23.0 Å². The number of esters is 1. The minimum atomic E-state index is -0.518. The Balaban J connectivity index is 1.35. The van der Waals surface area contributed by atoms with Gasteiger partial charge in [-0.15, -0.1) is 11.3 Å². The standard InChI is InChI=1S/C22H16N2O5S/c25-21(20-5-2-10-27-20)24-16-3-1-4-19(11-16)29-22(26)15-6-8-18(9-7-15)28-12-17-13-30-14-23-17/h1-11,13-14H,12H2,(H,24,25). The van der Waals surface area contributed by atoms with E-state index in [-0.39, 0.29) is 5.76 Å². The summed E-state index contributed by atoms with van der Waals surface area (Å²) in [5.41, 5.74) is 3.45. The van der Waals surface area contributed by atoms with Crippen LogP contribution in [0, 0.1) is 0 Å². The Morgan fingerprint density at radius 3 is 2.63 bits per heavy atom. The van der Waals surface area contributed by atoms with E-state index in [0.29, 0.717) is 29.4 Å². The lowest BCUT2D eigenvalue weighted by molar-refractivity contribution is 0.0734. The molecule has 0 saturated carbocycles. The fourth-order valence-corrected chi connectivity index (χ4v) is 3.10. The molecule has 1 amide bonds. The number of benzene rings is 2. The molecule has 30 heavy (non-hydrogen) atoms. The highest BCUT2D eigenvalue weighted by molar-refractivity contribution is 7.07. The number of amides is 1. The van der Waals surface area contributed by atoms with Gasteiger partial charge in [-0.2, -0.15) is 0 Å². The first-order valence-corrected chi connectivity index (χ1v) is 9.89. The van der Waals surface area contributed by atoms with Gasteiger partial charge in [0.2, 0.25) is 0 Å². The maximum atomic E-state index is 12.4. The van der Waals surface area contributed by atoms with Gasteiger partial charge in [0, 0.05) is 17.1 Å². The van der Waals surface area contributed by atoms with Crippen molar-refractivity contribution in [3.05, 3.63) is 94.8 Å². The maximum Gasteiger partial charge on any atom is 0.343 e. The molecular weight excluding hydrogens is 404 g/mol. The third kappa shape index (κ3) is 4.92. The van der Waals surface area contributed by atoms with E-state index >= 15 is 0 Å². The second kappa shape index (κ2) is 9.06. The molecule has 2 aromatic heterocycles. The Labute approximate surface area is 175 Å². The Morgan fingerprint density at radius 2 is 1.90 bits per heavy atom. The van der Waals surface area contributed by atoms with Crippen molar-refractivity contribution in [1.29, 1.82) is 0 Å². The predicted molar refractivity (Wildman–Crippen MR) is 111 cm³/mol. The van der Waals surface area contributed by atoms with Gasteiger partial charge in [0.25, 0.3) is 5.91 Å². The summed E-state index contributed by atoms with van der Waals surface area (Å²) in [7, 11) is 0. The lowest BCUT2D eigenvalue weighted by Gasteiger charge is -2.08. The minimum Gasteiger partial charge on any atom is -0.487 e. The molecule has 8 heteroatoms. The number of aromatic nitrogens is 1. The smallest absolute Gasteiger partial charge is 0.343 e. The summed E-state index contributed by atoms with van der Waals surface area (Å²) in [6, 6.07) is 16.4. The van der Waals surface area contributed by atoms with E-state index in [1.807, 2.05) is 5.38 Å². The molecule has 2 heterocycles. The Bertz CT molecular complexity index is 1120. The van der Waals surface area contributed by atoms with Crippen molar-refractivity contribution >= 4 is 28.9 Å². The second-order valence-corrected chi connectivity index (χ2v) is 6.86. The number of furan rings is 1. The van der Waals surface area contributed by atoms with Crippen molar-refractivity contribution in [3.8, 4) is 11.5 Å². The largest absolute Gasteiger partial charge is 0.487 e. The number of nitrogens with zero attached hydrogens (tertiary/aromatic N) is 1. The summed E-state index contributed by atoms with van der Waals surface area (Å²) >= 11 is 1.51. The monoisotopic (exact) mass is 420 g/mol. The van der Waals surface area contributed by atoms with Gasteiger partial charge in [-0.05, 0) is 48.5 Å². The molecular formula is C22H16N2O5S. The Morgan fingerprint density at radius 1 is 1.03 bits per heavy atom. The quantitative estimate of drug-likeness (QED) is 0.342. The van der Waals surface area contributed by atoms with Crippen LogP contribution in [-0.4, -0.2) is 16.9 Å². The number of rotatable bonds is 7. The van der Waals surface area contributed by atoms with Gasteiger partial charge in [0.1, 0.15) is 18.1 Å². The van der Waals surface area contributed by atoms with Crippen molar-refractivity contribution in [2.75, 3.05) is 5.32 Å². The van der Waals surface area contributed by atoms with Crippen LogP contribution < -0.4 is 14.8 Å². The van der Waals surface area contributed by atoms with Crippen LogP contribution >= 0.6 is 11.3 Å². The summed E-state index contributed by atoms with van der Waals surface area (Å²) in [5, 5.41) is 4.60. The van der Waals surface area contributed by atoms with Gasteiger partial charge in [-0.3, -0.25) is 4.79 Å². The van der Waals surface area contributed by atoms with Crippen LogP contribution in [0.2, 0.25) is 0 Å². The molecule has 7 nitrogen and oxygen atoms in total. The summed E-state index contributed by atoms with van der Waals surface area (Å²) in [6.07, 6.45) is 1.42. The van der Waals surface area contributed by atoms with Gasteiger partial charge >= 0.3 is 5.97 Å². The van der Waals surface area contributed by atoms with Crippen molar-refractivity contribution < 1.29 is 23.5 Å². The number of anilines is 1. The fraction of sp³-hybridized carbons (Fsp3) is 0.0455. The average molecular weight is 420 g/mol. The molecule has 4 rings (SSSR count). The van der Waals surface area contributed by atoms with Gasteiger partial charge in [-0.25, -0.2) is 9.78 Å². The fourth-order valence-electron chi connectivity index (χ4n) is 2.56. The zero-order valence-corrected chi connectivity index (χ0v) is 16.4. The second-order valence-electron chi connectivity index (χ2n) is 6.14. The number of hydrogen-bond donors (Lipinski definition) is 1. The molecule has 4 aromatic rings. The van der Waals surface area contributed by atoms with Crippen molar-refractivity contribution in [3.63, 3.8) is 0 Å². The summed E-state index contributed by atoms with van der Waals surface area (Å²) in [4.78, 5) is 28.6. The minimum absolute atomic E-state index is 0.189. The van der Waals surface area contributed by atoms with Gasteiger partial charge < -0.3 is 19.2 Å². The molecule has 0 aliphatic heterocycles. The Kier molecular flexibility index (Phi) is 5.86. The normalized spacial score (nSPS) is 10.4. The van der Waals surface area contributed by atoms with E-state index in [2.05, 4.69) is 10.3 Å². The van der Waals surface area contributed by atoms with Gasteiger partial charge in [0.15, 0.2) is 5.76 Å². The number of thiazole rings is 1. The van der Waals surface area contributed by atoms with Crippen LogP contribution in [0.1, 0.15) is 26.6 Å². The molecule has 0 bridgehead atoms. The average Bonchev–Trinajstić information content (AvgIpc) is 3.47. The maximum absolute atomic E-state index is 12.4. The van der Waals surface area contributed by atoms with E-state index in [1.54, 1.807) is 66.2 Å². The first-order valence-electron chi connectivity index (χ1n) is 8.94. The topological polar surface area (TPSA) is 90.7 Å². The van der Waals surface area contributed by atoms with Gasteiger partial charge in [-0.1, -0.05) is 6.07 Å². The first kappa shape index (κ1) is 19.4. The van der Waals surface area contributed by atoms with E-state index in [4.69, 9.17) is 13.9 Å². The van der Waals surface area contributed by atoms with Crippen LogP contribution in [0.15, 0.2) is 82.2 Å². The number of hydrogen-bond acceptors (Lipinski definition) is 7. The molecule has 0 saturated heterocycles. The summed E-state index contributed by atoms with van der Waals surface area (Å²) in [6.45, 7) is 0.365. The van der Waals surface area contributed by atoms with E-state index in [9.17, 15) is 9.59 Å². The highest BCUT2D eigenvalue weighted by Crippen LogP contribution is 2.21. The molecule has 0 fully saturated rings. The lowest BCUT2D eigenvalue weighted by Crippen LogP contribution is -2.12. The molecule has 0 unspecified atom stereocenters. The zero-order chi connectivity index (χ0) is 20.8. The van der Waals surface area contributed by atoms with E-state index in [1.165, 1.54) is 17.6 Å². The van der Waals surface area contributed by atoms with Crippen LogP contribution in [-0.2, 0) is 6.61 Å². The predicted octanol–water partition coefficient (Wildman–Crippen LogP) is 4.79. The van der Waals surface area contributed by atoms with E-state index in [0.717, 1.165) is 5.69 Å². The molecule has 0 spiro atoms. The number of carbonyl (C=O) groups is 2.